The van der Waals surface area contributed by atoms with Gasteiger partial charge in [0.05, 0.1) is 5.41 Å². The van der Waals surface area contributed by atoms with Gasteiger partial charge in [-0.05, 0) is 49.8 Å². The zero-order valence-corrected chi connectivity index (χ0v) is 11.4. The largest absolute Gasteiger partial charge is 0.481 e. The molecule has 0 saturated heterocycles. The molecule has 1 aliphatic heterocycles. The first kappa shape index (κ1) is 12.3. The van der Waals surface area contributed by atoms with E-state index in [2.05, 4.69) is 37.2 Å². The maximum Gasteiger partial charge on any atom is 0.314 e. The monoisotopic (exact) mass is 257 g/mol. The molecule has 2 aliphatic rings. The molecule has 1 N–H and O–H groups in total. The molecule has 1 aliphatic carbocycles. The Morgan fingerprint density at radius 1 is 1.32 bits per heavy atom. The van der Waals surface area contributed by atoms with Crippen LogP contribution in [0.15, 0.2) is 30.0 Å². The maximum absolute atomic E-state index is 11.4. The van der Waals surface area contributed by atoms with Crippen LogP contribution in [0.5, 0.6) is 0 Å². The summed E-state index contributed by atoms with van der Waals surface area (Å²) >= 11 is 0. The predicted octanol–water partition coefficient (Wildman–Crippen LogP) is 3.09. The van der Waals surface area contributed by atoms with Gasteiger partial charge in [0.15, 0.2) is 0 Å². The number of rotatable bonds is 2. The number of benzene rings is 1. The summed E-state index contributed by atoms with van der Waals surface area (Å²) in [5.41, 5.74) is 4.20. The van der Waals surface area contributed by atoms with Gasteiger partial charge in [-0.2, -0.15) is 0 Å². The average molecular weight is 257 g/mol. The number of allylic oxidation sites excluding steroid dienone is 1. The number of aryl methyl sites for hydroxylation is 1. The molecule has 0 unspecified atom stereocenters. The number of hydrogen-bond donors (Lipinski definition) is 1. The van der Waals surface area contributed by atoms with Gasteiger partial charge < -0.3 is 10.0 Å². The van der Waals surface area contributed by atoms with E-state index in [4.69, 9.17) is 0 Å². The van der Waals surface area contributed by atoms with Gasteiger partial charge in [-0.1, -0.05) is 17.7 Å². The standard InChI is InChI=1S/C16H19NO2/c1-11-3-4-12-9-13(16(7-8-16)15(18)19)5-6-14(12)17(2)10-11/h5-6,9-10H,3-4,7-8H2,1-2H3,(H,18,19). The minimum Gasteiger partial charge on any atom is -0.481 e. The number of carbonyl (C=O) groups is 1. The van der Waals surface area contributed by atoms with Gasteiger partial charge in [0.2, 0.25) is 0 Å². The van der Waals surface area contributed by atoms with Gasteiger partial charge in [0.25, 0.3) is 0 Å². The van der Waals surface area contributed by atoms with Crippen LogP contribution < -0.4 is 4.90 Å². The van der Waals surface area contributed by atoms with Gasteiger partial charge >= 0.3 is 5.97 Å². The second-order valence-corrected chi connectivity index (χ2v) is 5.82. The molecular formula is C16H19NO2. The number of nitrogens with zero attached hydrogens (tertiary/aromatic N) is 1. The number of carboxylic acid groups (broad SMARTS) is 1. The summed E-state index contributed by atoms with van der Waals surface area (Å²) in [5, 5.41) is 9.39. The van der Waals surface area contributed by atoms with E-state index in [0.29, 0.717) is 0 Å². The number of anilines is 1. The van der Waals surface area contributed by atoms with E-state index in [0.717, 1.165) is 31.2 Å². The highest BCUT2D eigenvalue weighted by molar-refractivity contribution is 5.85. The zero-order valence-electron chi connectivity index (χ0n) is 11.4. The Morgan fingerprint density at radius 2 is 2.05 bits per heavy atom. The lowest BCUT2D eigenvalue weighted by atomic mass is 9.92. The van der Waals surface area contributed by atoms with Crippen molar-refractivity contribution in [3.8, 4) is 0 Å². The molecule has 1 aromatic carbocycles. The summed E-state index contributed by atoms with van der Waals surface area (Å²) < 4.78 is 0. The molecule has 1 saturated carbocycles. The van der Waals surface area contributed by atoms with Crippen LogP contribution in [-0.4, -0.2) is 18.1 Å². The Labute approximate surface area is 113 Å². The topological polar surface area (TPSA) is 40.5 Å². The minimum atomic E-state index is -0.677. The van der Waals surface area contributed by atoms with Gasteiger partial charge in [-0.25, -0.2) is 0 Å². The van der Waals surface area contributed by atoms with Crippen LogP contribution >= 0.6 is 0 Å². The SMILES string of the molecule is CC1=CN(C)c2ccc(C3(C(=O)O)CC3)cc2CC1. The van der Waals surface area contributed by atoms with Crippen LogP contribution in [0.1, 0.15) is 37.3 Å². The van der Waals surface area contributed by atoms with Crippen LogP contribution in [0.3, 0.4) is 0 Å². The summed E-state index contributed by atoms with van der Waals surface area (Å²) in [6.45, 7) is 2.14. The quantitative estimate of drug-likeness (QED) is 0.885. The van der Waals surface area contributed by atoms with Crippen LogP contribution in [-0.2, 0) is 16.6 Å². The van der Waals surface area contributed by atoms with Crippen molar-refractivity contribution in [3.63, 3.8) is 0 Å². The molecule has 0 spiro atoms. The van der Waals surface area contributed by atoms with Crippen molar-refractivity contribution >= 4 is 11.7 Å². The highest BCUT2D eigenvalue weighted by Crippen LogP contribution is 2.49. The number of hydrogen-bond acceptors (Lipinski definition) is 2. The molecule has 3 rings (SSSR count). The smallest absolute Gasteiger partial charge is 0.314 e. The molecule has 0 bridgehead atoms. The fraction of sp³-hybridized carbons (Fsp3) is 0.438. The lowest BCUT2D eigenvalue weighted by Gasteiger charge is -2.19. The predicted molar refractivity (Wildman–Crippen MR) is 75.5 cm³/mol. The highest BCUT2D eigenvalue weighted by atomic mass is 16.4. The molecule has 0 radical (unpaired) electrons. The summed E-state index contributed by atoms with van der Waals surface area (Å²) in [5.74, 6) is -0.677. The van der Waals surface area contributed by atoms with Crippen molar-refractivity contribution in [1.29, 1.82) is 0 Å². The normalized spacial score (nSPS) is 20.3. The molecule has 3 heteroatoms. The van der Waals surface area contributed by atoms with E-state index in [9.17, 15) is 9.90 Å². The van der Waals surface area contributed by atoms with E-state index in [1.165, 1.54) is 16.8 Å². The minimum absolute atomic E-state index is 0.595. The van der Waals surface area contributed by atoms with Crippen LogP contribution in [0.25, 0.3) is 0 Å². The van der Waals surface area contributed by atoms with Crippen molar-refractivity contribution in [3.05, 3.63) is 41.1 Å². The number of aliphatic carboxylic acids is 1. The third-order valence-electron chi connectivity index (χ3n) is 4.37. The van der Waals surface area contributed by atoms with Crippen molar-refractivity contribution in [2.24, 2.45) is 0 Å². The summed E-state index contributed by atoms with van der Waals surface area (Å²) in [6, 6.07) is 6.17. The van der Waals surface area contributed by atoms with Gasteiger partial charge in [-0.15, -0.1) is 0 Å². The Hall–Kier alpha value is -1.77. The Kier molecular flexibility index (Phi) is 2.66. The molecule has 1 heterocycles. The van der Waals surface area contributed by atoms with E-state index < -0.39 is 11.4 Å². The second kappa shape index (κ2) is 4.12. The maximum atomic E-state index is 11.4. The summed E-state index contributed by atoms with van der Waals surface area (Å²) in [6.07, 6.45) is 5.74. The first-order valence-corrected chi connectivity index (χ1v) is 6.80. The molecule has 0 atom stereocenters. The Balaban J connectivity index is 2.01. The van der Waals surface area contributed by atoms with Crippen molar-refractivity contribution in [2.45, 2.75) is 38.0 Å². The molecule has 3 nitrogen and oxygen atoms in total. The third-order valence-corrected chi connectivity index (χ3v) is 4.37. The van der Waals surface area contributed by atoms with Gasteiger partial charge in [0.1, 0.15) is 0 Å². The van der Waals surface area contributed by atoms with E-state index >= 15 is 0 Å². The molecule has 1 aromatic rings. The first-order chi connectivity index (χ1) is 9.03. The van der Waals surface area contributed by atoms with Gasteiger partial charge in [0, 0.05) is 18.9 Å². The summed E-state index contributed by atoms with van der Waals surface area (Å²) in [7, 11) is 2.05. The summed E-state index contributed by atoms with van der Waals surface area (Å²) in [4.78, 5) is 13.6. The third kappa shape index (κ3) is 1.93. The highest BCUT2D eigenvalue weighted by Gasteiger charge is 2.51. The average Bonchev–Trinajstić information content (AvgIpc) is 3.17. The van der Waals surface area contributed by atoms with Gasteiger partial charge in [-0.3, -0.25) is 4.79 Å². The molecule has 1 fully saturated rings. The molecule has 19 heavy (non-hydrogen) atoms. The van der Waals surface area contributed by atoms with E-state index in [1.54, 1.807) is 0 Å². The van der Waals surface area contributed by atoms with Crippen LogP contribution in [0, 0.1) is 0 Å². The first-order valence-electron chi connectivity index (χ1n) is 6.80. The van der Waals surface area contributed by atoms with Crippen LogP contribution in [0.2, 0.25) is 0 Å². The number of carboxylic acids is 1. The lowest BCUT2D eigenvalue weighted by molar-refractivity contribution is -0.140. The molecule has 0 aromatic heterocycles. The molecule has 0 amide bonds. The molecular weight excluding hydrogens is 238 g/mol. The molecule has 100 valence electrons. The Bertz CT molecular complexity index is 570. The fourth-order valence-electron chi connectivity index (χ4n) is 2.98. The fourth-order valence-corrected chi connectivity index (χ4v) is 2.98. The van der Waals surface area contributed by atoms with Crippen molar-refractivity contribution in [2.75, 3.05) is 11.9 Å². The second-order valence-electron chi connectivity index (χ2n) is 5.82. The van der Waals surface area contributed by atoms with E-state index in [1.807, 2.05) is 6.07 Å². The van der Waals surface area contributed by atoms with Crippen molar-refractivity contribution < 1.29 is 9.90 Å². The van der Waals surface area contributed by atoms with Crippen LogP contribution in [0.4, 0.5) is 5.69 Å². The lowest BCUT2D eigenvalue weighted by Crippen LogP contribution is -2.20. The Morgan fingerprint density at radius 3 is 2.68 bits per heavy atom. The van der Waals surface area contributed by atoms with Crippen molar-refractivity contribution in [1.82, 2.24) is 0 Å². The van der Waals surface area contributed by atoms with E-state index in [-0.39, 0.29) is 0 Å². The zero-order chi connectivity index (χ0) is 13.6. The number of fused-ring (bicyclic) bond motifs is 1.